The topological polar surface area (TPSA) is 52.3 Å². The van der Waals surface area contributed by atoms with Gasteiger partial charge in [-0.25, -0.2) is 0 Å². The van der Waals surface area contributed by atoms with E-state index in [1.165, 1.54) is 0 Å². The average Bonchev–Trinajstić information content (AvgIpc) is 2.52. The lowest BCUT2D eigenvalue weighted by atomic mass is 10.0. The van der Waals surface area contributed by atoms with E-state index in [4.69, 9.17) is 22.1 Å². The fourth-order valence-corrected chi connectivity index (χ4v) is 2.09. The summed E-state index contributed by atoms with van der Waals surface area (Å²) in [4.78, 5) is 11.7. The first-order chi connectivity index (χ1) is 10.1. The van der Waals surface area contributed by atoms with Crippen molar-refractivity contribution in [1.29, 1.82) is 0 Å². The number of benzene rings is 2. The van der Waals surface area contributed by atoms with Crippen LogP contribution in [0.1, 0.15) is 30.0 Å². The van der Waals surface area contributed by atoms with Crippen LogP contribution in [0.5, 0.6) is 0 Å². The maximum atomic E-state index is 11.7. The van der Waals surface area contributed by atoms with Crippen LogP contribution in [-0.4, -0.2) is 5.97 Å². The lowest BCUT2D eigenvalue weighted by Gasteiger charge is -2.12. The molecule has 2 aromatic carbocycles. The largest absolute Gasteiger partial charge is 0.461 e. The molecule has 0 spiro atoms. The Morgan fingerprint density at radius 3 is 2.36 bits per heavy atom. The molecule has 1 unspecified atom stereocenters. The highest BCUT2D eigenvalue weighted by Gasteiger charge is 2.10. The van der Waals surface area contributed by atoms with Crippen molar-refractivity contribution in [3.63, 3.8) is 0 Å². The molecule has 0 amide bonds. The van der Waals surface area contributed by atoms with Crippen molar-refractivity contribution in [2.45, 2.75) is 25.5 Å². The lowest BCUT2D eigenvalue weighted by molar-refractivity contribution is -0.145. The van der Waals surface area contributed by atoms with Crippen molar-refractivity contribution in [2.24, 2.45) is 5.73 Å². The van der Waals surface area contributed by atoms with Gasteiger partial charge in [0.2, 0.25) is 0 Å². The van der Waals surface area contributed by atoms with Crippen LogP contribution in [0.3, 0.4) is 0 Å². The van der Waals surface area contributed by atoms with E-state index in [1.807, 2.05) is 42.5 Å². The number of rotatable bonds is 6. The van der Waals surface area contributed by atoms with Crippen LogP contribution in [0.2, 0.25) is 5.02 Å². The molecular weight excluding hydrogens is 321 g/mol. The Morgan fingerprint density at radius 2 is 1.73 bits per heavy atom. The number of carbonyl (C=O) groups excluding carboxylic acids is 1. The van der Waals surface area contributed by atoms with Crippen LogP contribution < -0.4 is 5.73 Å². The van der Waals surface area contributed by atoms with Crippen molar-refractivity contribution in [1.82, 2.24) is 0 Å². The Bertz CT molecular complexity index is 573. The third-order valence-corrected chi connectivity index (χ3v) is 3.45. The number of esters is 1. The zero-order chi connectivity index (χ0) is 15.1. The number of halogens is 2. The van der Waals surface area contributed by atoms with Gasteiger partial charge in [0.25, 0.3) is 0 Å². The minimum Gasteiger partial charge on any atom is -0.461 e. The Hall–Kier alpha value is -1.55. The molecular formula is C17H19Cl2NO2. The van der Waals surface area contributed by atoms with Gasteiger partial charge in [-0.15, -0.1) is 12.4 Å². The van der Waals surface area contributed by atoms with E-state index < -0.39 is 0 Å². The fourth-order valence-electron chi connectivity index (χ4n) is 1.96. The van der Waals surface area contributed by atoms with E-state index in [0.717, 1.165) is 11.1 Å². The summed E-state index contributed by atoms with van der Waals surface area (Å²) in [7, 11) is 0. The lowest BCUT2D eigenvalue weighted by Crippen LogP contribution is -2.13. The summed E-state index contributed by atoms with van der Waals surface area (Å²) in [5.74, 6) is -0.233. The first kappa shape index (κ1) is 18.5. The number of nitrogens with two attached hydrogens (primary N) is 1. The van der Waals surface area contributed by atoms with E-state index in [-0.39, 0.29) is 24.4 Å². The van der Waals surface area contributed by atoms with Crippen molar-refractivity contribution in [3.8, 4) is 0 Å². The van der Waals surface area contributed by atoms with Crippen molar-refractivity contribution >= 4 is 30.0 Å². The van der Waals surface area contributed by atoms with Gasteiger partial charge in [0.1, 0.15) is 6.61 Å². The molecule has 0 aliphatic rings. The van der Waals surface area contributed by atoms with Crippen LogP contribution in [0.25, 0.3) is 0 Å². The molecule has 118 valence electrons. The zero-order valence-corrected chi connectivity index (χ0v) is 13.6. The minimum absolute atomic E-state index is 0. The second kappa shape index (κ2) is 9.46. The molecule has 0 aliphatic heterocycles. The predicted molar refractivity (Wildman–Crippen MR) is 91.1 cm³/mol. The van der Waals surface area contributed by atoms with Crippen molar-refractivity contribution in [3.05, 3.63) is 70.7 Å². The van der Waals surface area contributed by atoms with E-state index in [0.29, 0.717) is 24.5 Å². The molecule has 0 saturated carbocycles. The molecule has 0 aliphatic carbocycles. The molecule has 0 heterocycles. The summed E-state index contributed by atoms with van der Waals surface area (Å²) in [6, 6.07) is 16.8. The minimum atomic E-state index is -0.233. The summed E-state index contributed by atoms with van der Waals surface area (Å²) in [6.45, 7) is 0.301. The Kier molecular flexibility index (Phi) is 7.96. The summed E-state index contributed by atoms with van der Waals surface area (Å²) in [5, 5.41) is 0.674. The van der Waals surface area contributed by atoms with E-state index in [9.17, 15) is 4.79 Å². The fraction of sp³-hybridized carbons (Fsp3) is 0.235. The quantitative estimate of drug-likeness (QED) is 0.799. The van der Waals surface area contributed by atoms with E-state index in [1.54, 1.807) is 12.1 Å². The molecule has 2 rings (SSSR count). The maximum Gasteiger partial charge on any atom is 0.306 e. The van der Waals surface area contributed by atoms with Gasteiger partial charge in [-0.2, -0.15) is 0 Å². The van der Waals surface area contributed by atoms with Gasteiger partial charge in [-0.1, -0.05) is 54.1 Å². The van der Waals surface area contributed by atoms with Gasteiger partial charge in [-0.05, 0) is 29.7 Å². The molecule has 5 heteroatoms. The highest BCUT2D eigenvalue weighted by Crippen LogP contribution is 2.18. The molecule has 0 bridgehead atoms. The van der Waals surface area contributed by atoms with Gasteiger partial charge in [0.05, 0.1) is 0 Å². The predicted octanol–water partition coefficient (Wildman–Crippen LogP) is 4.29. The van der Waals surface area contributed by atoms with Gasteiger partial charge >= 0.3 is 5.97 Å². The Morgan fingerprint density at radius 1 is 1.09 bits per heavy atom. The molecule has 0 saturated heterocycles. The average molecular weight is 340 g/mol. The van der Waals surface area contributed by atoms with Crippen LogP contribution >= 0.6 is 24.0 Å². The Labute approximate surface area is 141 Å². The monoisotopic (exact) mass is 339 g/mol. The molecule has 0 aromatic heterocycles. The molecule has 22 heavy (non-hydrogen) atoms. The third-order valence-electron chi connectivity index (χ3n) is 3.20. The van der Waals surface area contributed by atoms with Crippen molar-refractivity contribution in [2.75, 3.05) is 0 Å². The standard InChI is InChI=1S/C17H18ClNO2.ClH/c18-15-8-6-14(7-9-15)16(19)10-11-17(20)21-12-13-4-2-1-3-5-13;/h1-9,16H,10-12,19H2;1H. The summed E-state index contributed by atoms with van der Waals surface area (Å²) >= 11 is 5.83. The van der Waals surface area contributed by atoms with E-state index in [2.05, 4.69) is 0 Å². The van der Waals surface area contributed by atoms with E-state index >= 15 is 0 Å². The second-order valence-electron chi connectivity index (χ2n) is 4.84. The van der Waals surface area contributed by atoms with Crippen LogP contribution in [-0.2, 0) is 16.1 Å². The van der Waals surface area contributed by atoms with Gasteiger partial charge in [0, 0.05) is 17.5 Å². The SMILES string of the molecule is Cl.NC(CCC(=O)OCc1ccccc1)c1ccc(Cl)cc1. The molecule has 1 atom stereocenters. The highest BCUT2D eigenvalue weighted by atomic mass is 35.5. The van der Waals surface area contributed by atoms with Crippen molar-refractivity contribution < 1.29 is 9.53 Å². The third kappa shape index (κ3) is 6.06. The molecule has 2 N–H and O–H groups in total. The van der Waals surface area contributed by atoms with Crippen LogP contribution in [0.4, 0.5) is 0 Å². The maximum absolute atomic E-state index is 11.7. The van der Waals surface area contributed by atoms with Gasteiger partial charge in [0.15, 0.2) is 0 Å². The normalized spacial score (nSPS) is 11.4. The van der Waals surface area contributed by atoms with Gasteiger partial charge in [-0.3, -0.25) is 4.79 Å². The molecule has 3 nitrogen and oxygen atoms in total. The smallest absolute Gasteiger partial charge is 0.306 e. The van der Waals surface area contributed by atoms with Crippen LogP contribution in [0, 0.1) is 0 Å². The number of carbonyl (C=O) groups is 1. The molecule has 2 aromatic rings. The second-order valence-corrected chi connectivity index (χ2v) is 5.28. The summed E-state index contributed by atoms with van der Waals surface area (Å²) in [6.07, 6.45) is 0.853. The first-order valence-corrected chi connectivity index (χ1v) is 7.23. The Balaban J connectivity index is 0.00000242. The highest BCUT2D eigenvalue weighted by molar-refractivity contribution is 6.30. The van der Waals surface area contributed by atoms with Crippen LogP contribution in [0.15, 0.2) is 54.6 Å². The summed E-state index contributed by atoms with van der Waals surface area (Å²) in [5.41, 5.74) is 8.00. The zero-order valence-electron chi connectivity index (χ0n) is 12.1. The van der Waals surface area contributed by atoms with Gasteiger partial charge < -0.3 is 10.5 Å². The number of ether oxygens (including phenoxy) is 1. The summed E-state index contributed by atoms with van der Waals surface area (Å²) < 4.78 is 5.22. The molecule has 0 radical (unpaired) electrons. The number of hydrogen-bond acceptors (Lipinski definition) is 3. The molecule has 0 fully saturated rings. The first-order valence-electron chi connectivity index (χ1n) is 6.86. The number of hydrogen-bond donors (Lipinski definition) is 1.